The van der Waals surface area contributed by atoms with Crippen molar-refractivity contribution in [1.82, 2.24) is 4.90 Å². The van der Waals surface area contributed by atoms with Gasteiger partial charge in [-0.05, 0) is 37.7 Å². The van der Waals surface area contributed by atoms with Crippen LogP contribution >= 0.6 is 0 Å². The molecule has 2 N–H and O–H groups in total. The van der Waals surface area contributed by atoms with Crippen molar-refractivity contribution >= 4 is 0 Å². The summed E-state index contributed by atoms with van der Waals surface area (Å²) in [5, 5.41) is 19.1. The molecular formula is C13H21NO2. The van der Waals surface area contributed by atoms with Gasteiger partial charge in [0.1, 0.15) is 5.75 Å². The maximum absolute atomic E-state index is 9.96. The van der Waals surface area contributed by atoms with Gasteiger partial charge in [-0.2, -0.15) is 0 Å². The van der Waals surface area contributed by atoms with Gasteiger partial charge >= 0.3 is 0 Å². The molecule has 3 nitrogen and oxygen atoms in total. The molecule has 0 spiro atoms. The molecule has 90 valence electrons. The highest BCUT2D eigenvalue weighted by Gasteiger charge is 2.10. The number of phenolic OH excluding ortho intramolecular Hbond substituents is 1. The van der Waals surface area contributed by atoms with Crippen LogP contribution in [0.1, 0.15) is 31.4 Å². The molecule has 0 aromatic heterocycles. The van der Waals surface area contributed by atoms with E-state index in [1.54, 1.807) is 24.3 Å². The number of benzene rings is 1. The highest BCUT2D eigenvalue weighted by atomic mass is 16.3. The summed E-state index contributed by atoms with van der Waals surface area (Å²) in [6, 6.07) is 6.72. The molecule has 0 aliphatic carbocycles. The number of rotatable bonds is 6. The third-order valence-electron chi connectivity index (χ3n) is 2.66. The van der Waals surface area contributed by atoms with E-state index in [2.05, 4.69) is 11.8 Å². The number of hydrogen-bond acceptors (Lipinski definition) is 3. The van der Waals surface area contributed by atoms with Crippen molar-refractivity contribution in [3.05, 3.63) is 29.8 Å². The van der Waals surface area contributed by atoms with E-state index in [-0.39, 0.29) is 5.75 Å². The monoisotopic (exact) mass is 223 g/mol. The molecule has 16 heavy (non-hydrogen) atoms. The van der Waals surface area contributed by atoms with Crippen LogP contribution < -0.4 is 0 Å². The fourth-order valence-corrected chi connectivity index (χ4v) is 1.62. The fourth-order valence-electron chi connectivity index (χ4n) is 1.62. The van der Waals surface area contributed by atoms with Gasteiger partial charge in [-0.1, -0.05) is 25.5 Å². The minimum Gasteiger partial charge on any atom is -0.508 e. The van der Waals surface area contributed by atoms with Gasteiger partial charge in [0, 0.05) is 6.54 Å². The molecule has 0 aliphatic rings. The van der Waals surface area contributed by atoms with E-state index >= 15 is 0 Å². The summed E-state index contributed by atoms with van der Waals surface area (Å²) >= 11 is 0. The molecule has 3 heteroatoms. The number of unbranched alkanes of at least 4 members (excludes halogenated alkanes) is 1. The van der Waals surface area contributed by atoms with Crippen molar-refractivity contribution in [2.24, 2.45) is 0 Å². The average Bonchev–Trinajstić information content (AvgIpc) is 2.27. The summed E-state index contributed by atoms with van der Waals surface area (Å²) in [5.41, 5.74) is 0.848. The second-order valence-corrected chi connectivity index (χ2v) is 4.22. The maximum atomic E-state index is 9.96. The molecule has 0 radical (unpaired) electrons. The van der Waals surface area contributed by atoms with Gasteiger partial charge in [0.05, 0.1) is 6.10 Å². The van der Waals surface area contributed by atoms with Crippen LogP contribution in [0.15, 0.2) is 24.3 Å². The quantitative estimate of drug-likeness (QED) is 0.776. The van der Waals surface area contributed by atoms with Crippen LogP contribution in [0.3, 0.4) is 0 Å². The highest BCUT2D eigenvalue weighted by molar-refractivity contribution is 5.27. The number of aliphatic hydroxyl groups is 1. The molecule has 0 saturated carbocycles. The van der Waals surface area contributed by atoms with Gasteiger partial charge in [-0.15, -0.1) is 0 Å². The fraction of sp³-hybridized carbons (Fsp3) is 0.538. The third-order valence-corrected chi connectivity index (χ3v) is 2.66. The summed E-state index contributed by atoms with van der Waals surface area (Å²) in [4.78, 5) is 2.13. The standard InChI is InChI=1S/C13H21NO2/c1-3-4-9-14(2)10-13(16)11-5-7-12(15)8-6-11/h5-8,13,15-16H,3-4,9-10H2,1-2H3. The minimum absolute atomic E-state index is 0.232. The van der Waals surface area contributed by atoms with Crippen molar-refractivity contribution in [2.45, 2.75) is 25.9 Å². The minimum atomic E-state index is -0.484. The first kappa shape index (κ1) is 13.0. The zero-order chi connectivity index (χ0) is 12.0. The lowest BCUT2D eigenvalue weighted by molar-refractivity contribution is 0.126. The summed E-state index contributed by atoms with van der Waals surface area (Å²) < 4.78 is 0. The SMILES string of the molecule is CCCCN(C)CC(O)c1ccc(O)cc1. The Hall–Kier alpha value is -1.06. The van der Waals surface area contributed by atoms with Crippen LogP contribution in [0, 0.1) is 0 Å². The topological polar surface area (TPSA) is 43.7 Å². The second-order valence-electron chi connectivity index (χ2n) is 4.22. The maximum Gasteiger partial charge on any atom is 0.115 e. The van der Waals surface area contributed by atoms with Gasteiger partial charge in [-0.3, -0.25) is 0 Å². The van der Waals surface area contributed by atoms with Gasteiger partial charge in [0.15, 0.2) is 0 Å². The van der Waals surface area contributed by atoms with E-state index in [0.717, 1.165) is 18.5 Å². The van der Waals surface area contributed by atoms with E-state index < -0.39 is 6.10 Å². The van der Waals surface area contributed by atoms with E-state index in [4.69, 9.17) is 5.11 Å². The zero-order valence-electron chi connectivity index (χ0n) is 10.1. The van der Waals surface area contributed by atoms with Gasteiger partial charge in [0.25, 0.3) is 0 Å². The van der Waals surface area contributed by atoms with E-state index in [1.807, 2.05) is 7.05 Å². The summed E-state index contributed by atoms with van der Waals surface area (Å²) in [5.74, 6) is 0.232. The Kier molecular flexibility index (Phi) is 5.29. The summed E-state index contributed by atoms with van der Waals surface area (Å²) in [6.07, 6.45) is 1.83. The summed E-state index contributed by atoms with van der Waals surface area (Å²) in [7, 11) is 2.01. The number of aromatic hydroxyl groups is 1. The molecule has 1 atom stereocenters. The molecule has 1 aromatic carbocycles. The van der Waals surface area contributed by atoms with Crippen LogP contribution in [0.2, 0.25) is 0 Å². The predicted octanol–water partition coefficient (Wildman–Crippen LogP) is 2.16. The number of likely N-dealkylation sites (N-methyl/N-ethyl adjacent to an activating group) is 1. The van der Waals surface area contributed by atoms with Crippen LogP contribution in [-0.2, 0) is 0 Å². The molecule has 1 unspecified atom stereocenters. The lowest BCUT2D eigenvalue weighted by Crippen LogP contribution is -2.25. The Balaban J connectivity index is 2.45. The van der Waals surface area contributed by atoms with E-state index in [0.29, 0.717) is 6.54 Å². The van der Waals surface area contributed by atoms with Crippen LogP contribution in [0.4, 0.5) is 0 Å². The van der Waals surface area contributed by atoms with Crippen LogP contribution in [0.25, 0.3) is 0 Å². The molecule has 0 saturated heterocycles. The molecule has 0 fully saturated rings. The van der Waals surface area contributed by atoms with Crippen molar-refractivity contribution in [3.8, 4) is 5.75 Å². The largest absolute Gasteiger partial charge is 0.508 e. The number of phenols is 1. The number of hydrogen-bond donors (Lipinski definition) is 2. The Morgan fingerprint density at radius 3 is 2.44 bits per heavy atom. The van der Waals surface area contributed by atoms with Crippen LogP contribution in [-0.4, -0.2) is 35.3 Å². The van der Waals surface area contributed by atoms with Gasteiger partial charge in [-0.25, -0.2) is 0 Å². The Morgan fingerprint density at radius 2 is 1.88 bits per heavy atom. The van der Waals surface area contributed by atoms with Gasteiger partial charge < -0.3 is 15.1 Å². The molecule has 1 rings (SSSR count). The van der Waals surface area contributed by atoms with Gasteiger partial charge in [0.2, 0.25) is 0 Å². The first-order chi connectivity index (χ1) is 7.63. The first-order valence-corrected chi connectivity index (χ1v) is 5.79. The van der Waals surface area contributed by atoms with Crippen LogP contribution in [0.5, 0.6) is 5.75 Å². The average molecular weight is 223 g/mol. The number of aliphatic hydroxyl groups excluding tert-OH is 1. The van der Waals surface area contributed by atoms with Crippen molar-refractivity contribution < 1.29 is 10.2 Å². The van der Waals surface area contributed by atoms with E-state index in [9.17, 15) is 5.11 Å². The lowest BCUT2D eigenvalue weighted by atomic mass is 10.1. The Labute approximate surface area is 97.3 Å². The van der Waals surface area contributed by atoms with Crippen molar-refractivity contribution in [3.63, 3.8) is 0 Å². The predicted molar refractivity (Wildman–Crippen MR) is 65.5 cm³/mol. The normalized spacial score (nSPS) is 13.0. The van der Waals surface area contributed by atoms with Crippen molar-refractivity contribution in [2.75, 3.05) is 20.1 Å². The summed E-state index contributed by atoms with van der Waals surface area (Å²) in [6.45, 7) is 3.79. The zero-order valence-corrected chi connectivity index (χ0v) is 10.1. The Bertz CT molecular complexity index is 297. The second kappa shape index (κ2) is 6.51. The third kappa shape index (κ3) is 4.21. The molecule has 0 aliphatic heterocycles. The molecule has 0 heterocycles. The molecule has 1 aromatic rings. The molecule has 0 amide bonds. The molecule has 0 bridgehead atoms. The Morgan fingerprint density at radius 1 is 1.25 bits per heavy atom. The van der Waals surface area contributed by atoms with Crippen molar-refractivity contribution in [1.29, 1.82) is 0 Å². The first-order valence-electron chi connectivity index (χ1n) is 5.79. The van der Waals surface area contributed by atoms with E-state index in [1.165, 1.54) is 6.42 Å². The lowest BCUT2D eigenvalue weighted by Gasteiger charge is -2.20. The smallest absolute Gasteiger partial charge is 0.115 e. The number of nitrogens with zero attached hydrogens (tertiary/aromatic N) is 1. The molecular weight excluding hydrogens is 202 g/mol. The highest BCUT2D eigenvalue weighted by Crippen LogP contribution is 2.17.